The largest absolute Gasteiger partial charge is 0.481 e. The molecular formula is C21H27NO4S. The smallest absolute Gasteiger partial charge is 0.261 e. The number of ether oxygens (including phenoxy) is 1. The molecule has 0 fully saturated rings. The summed E-state index contributed by atoms with van der Waals surface area (Å²) < 4.78 is 29.0. The van der Waals surface area contributed by atoms with Gasteiger partial charge in [0.05, 0.1) is 10.9 Å². The molecule has 0 heterocycles. The topological polar surface area (TPSA) is 72.5 Å². The van der Waals surface area contributed by atoms with E-state index in [1.807, 2.05) is 38.1 Å². The van der Waals surface area contributed by atoms with Gasteiger partial charge in [-0.3, -0.25) is 4.79 Å². The van der Waals surface area contributed by atoms with Crippen molar-refractivity contribution in [3.8, 4) is 5.75 Å². The van der Waals surface area contributed by atoms with Crippen LogP contribution in [-0.2, 0) is 21.1 Å². The van der Waals surface area contributed by atoms with Gasteiger partial charge in [-0.25, -0.2) is 8.42 Å². The molecule has 0 aliphatic carbocycles. The van der Waals surface area contributed by atoms with E-state index in [0.717, 1.165) is 17.5 Å². The third-order valence-corrected chi connectivity index (χ3v) is 5.59. The fourth-order valence-corrected chi connectivity index (χ4v) is 3.44. The van der Waals surface area contributed by atoms with Crippen LogP contribution in [0.3, 0.4) is 0 Å². The molecule has 0 radical (unpaired) electrons. The zero-order chi connectivity index (χ0) is 20.0. The lowest BCUT2D eigenvalue weighted by atomic mass is 10.0. The lowest BCUT2D eigenvalue weighted by molar-refractivity contribution is -0.128. The molecule has 1 amide bonds. The van der Waals surface area contributed by atoms with E-state index >= 15 is 0 Å². The first-order chi connectivity index (χ1) is 12.8. The zero-order valence-electron chi connectivity index (χ0n) is 16.2. The number of hydrogen-bond donors (Lipinski definition) is 1. The Kier molecular flexibility index (Phi) is 7.02. The molecule has 0 aliphatic rings. The second kappa shape index (κ2) is 9.04. The summed E-state index contributed by atoms with van der Waals surface area (Å²) in [4.78, 5) is 12.8. The first kappa shape index (κ1) is 21.0. The van der Waals surface area contributed by atoms with Gasteiger partial charge in [-0.05, 0) is 49.1 Å². The minimum Gasteiger partial charge on any atom is -0.481 e. The molecular weight excluding hydrogens is 362 g/mol. The Morgan fingerprint density at radius 3 is 2.26 bits per heavy atom. The summed E-state index contributed by atoms with van der Waals surface area (Å²) in [7, 11) is -3.24. The highest BCUT2D eigenvalue weighted by Crippen LogP contribution is 2.22. The second-order valence-electron chi connectivity index (χ2n) is 6.53. The van der Waals surface area contributed by atoms with E-state index in [-0.39, 0.29) is 16.8 Å². The number of carbonyl (C=O) groups is 1. The average Bonchev–Trinajstić information content (AvgIpc) is 2.65. The molecule has 6 heteroatoms. The van der Waals surface area contributed by atoms with Crippen molar-refractivity contribution in [3.63, 3.8) is 0 Å². The molecule has 2 aromatic carbocycles. The molecule has 0 unspecified atom stereocenters. The van der Waals surface area contributed by atoms with Crippen LogP contribution in [0.5, 0.6) is 5.75 Å². The molecule has 2 atom stereocenters. The number of hydrogen-bond acceptors (Lipinski definition) is 4. The van der Waals surface area contributed by atoms with E-state index in [0.29, 0.717) is 12.2 Å². The normalized spacial score (nSPS) is 13.6. The van der Waals surface area contributed by atoms with E-state index in [4.69, 9.17) is 4.74 Å². The van der Waals surface area contributed by atoms with Crippen LogP contribution in [0, 0.1) is 0 Å². The molecule has 5 nitrogen and oxygen atoms in total. The van der Waals surface area contributed by atoms with E-state index in [1.54, 1.807) is 31.2 Å². The van der Waals surface area contributed by atoms with Gasteiger partial charge >= 0.3 is 0 Å². The number of nitrogens with one attached hydrogen (secondary N) is 1. The van der Waals surface area contributed by atoms with Gasteiger partial charge in [0.15, 0.2) is 15.9 Å². The summed E-state index contributed by atoms with van der Waals surface area (Å²) in [6.45, 7) is 5.73. The minimum absolute atomic E-state index is 0.208. The van der Waals surface area contributed by atoms with E-state index in [2.05, 4.69) is 5.32 Å². The molecule has 146 valence electrons. The van der Waals surface area contributed by atoms with Crippen LogP contribution in [0.1, 0.15) is 44.4 Å². The van der Waals surface area contributed by atoms with Gasteiger partial charge in [-0.15, -0.1) is 0 Å². The molecule has 0 aliphatic heterocycles. The Morgan fingerprint density at radius 1 is 1.07 bits per heavy atom. The van der Waals surface area contributed by atoms with Crippen molar-refractivity contribution >= 4 is 15.7 Å². The van der Waals surface area contributed by atoms with Crippen LogP contribution in [0.2, 0.25) is 0 Å². The summed E-state index contributed by atoms with van der Waals surface area (Å²) in [6, 6.07) is 14.1. The number of rotatable bonds is 8. The molecule has 0 saturated heterocycles. The van der Waals surface area contributed by atoms with Crippen molar-refractivity contribution in [2.24, 2.45) is 0 Å². The fraction of sp³-hybridized carbons (Fsp3) is 0.381. The first-order valence-electron chi connectivity index (χ1n) is 9.11. The quantitative estimate of drug-likeness (QED) is 0.747. The van der Waals surface area contributed by atoms with E-state index in [9.17, 15) is 13.2 Å². The van der Waals surface area contributed by atoms with Crippen LogP contribution >= 0.6 is 0 Å². The predicted molar refractivity (Wildman–Crippen MR) is 107 cm³/mol. The summed E-state index contributed by atoms with van der Waals surface area (Å²) in [6.07, 6.45) is 2.05. The lowest BCUT2D eigenvalue weighted by Gasteiger charge is -2.22. The van der Waals surface area contributed by atoms with Crippen molar-refractivity contribution in [3.05, 3.63) is 59.7 Å². The van der Waals surface area contributed by atoms with Crippen molar-refractivity contribution in [2.45, 2.75) is 50.7 Å². The highest BCUT2D eigenvalue weighted by atomic mass is 32.2. The molecule has 2 rings (SSSR count). The number of sulfone groups is 1. The van der Waals surface area contributed by atoms with Crippen LogP contribution in [-0.4, -0.2) is 26.7 Å². The highest BCUT2D eigenvalue weighted by molar-refractivity contribution is 7.90. The SMILES string of the molecule is CCc1ccccc1O[C@@H](C)C(=O)N[C@H](CC)c1ccc(S(C)(=O)=O)cc1. The van der Waals surface area contributed by atoms with Gasteiger partial charge in [-0.2, -0.15) is 0 Å². The van der Waals surface area contributed by atoms with Gasteiger partial charge in [-0.1, -0.05) is 44.2 Å². The number of carbonyl (C=O) groups excluding carboxylic acids is 1. The summed E-state index contributed by atoms with van der Waals surface area (Å²) in [5.74, 6) is 0.508. The Balaban J connectivity index is 2.07. The Labute approximate surface area is 161 Å². The average molecular weight is 390 g/mol. The molecule has 2 aromatic rings. The maximum Gasteiger partial charge on any atom is 0.261 e. The van der Waals surface area contributed by atoms with Gasteiger partial charge in [0, 0.05) is 6.26 Å². The van der Waals surface area contributed by atoms with Crippen molar-refractivity contribution in [1.82, 2.24) is 5.32 Å². The van der Waals surface area contributed by atoms with Gasteiger partial charge < -0.3 is 10.1 Å². The predicted octanol–water partition coefficient (Wildman–Crippen LogP) is 3.69. The third kappa shape index (κ3) is 5.57. The Morgan fingerprint density at radius 2 is 1.70 bits per heavy atom. The van der Waals surface area contributed by atoms with Gasteiger partial charge in [0.25, 0.3) is 5.91 Å². The fourth-order valence-electron chi connectivity index (χ4n) is 2.81. The molecule has 0 spiro atoms. The van der Waals surface area contributed by atoms with Crippen LogP contribution in [0.4, 0.5) is 0 Å². The maximum absolute atomic E-state index is 12.6. The molecule has 0 aromatic heterocycles. The summed E-state index contributed by atoms with van der Waals surface area (Å²) in [5.41, 5.74) is 1.92. The zero-order valence-corrected chi connectivity index (χ0v) is 17.0. The van der Waals surface area contributed by atoms with Crippen molar-refractivity contribution in [1.29, 1.82) is 0 Å². The Bertz CT molecular complexity index is 875. The lowest BCUT2D eigenvalue weighted by Crippen LogP contribution is -2.38. The number of benzene rings is 2. The van der Waals surface area contributed by atoms with Crippen molar-refractivity contribution < 1.29 is 17.9 Å². The molecule has 0 bridgehead atoms. The summed E-state index contributed by atoms with van der Waals surface area (Å²) in [5, 5.41) is 2.99. The van der Waals surface area contributed by atoms with Crippen LogP contribution < -0.4 is 10.1 Å². The van der Waals surface area contributed by atoms with Crippen LogP contribution in [0.15, 0.2) is 53.4 Å². The summed E-state index contributed by atoms with van der Waals surface area (Å²) >= 11 is 0. The minimum atomic E-state index is -3.24. The van der Waals surface area contributed by atoms with E-state index < -0.39 is 15.9 Å². The van der Waals surface area contributed by atoms with Gasteiger partial charge in [0.2, 0.25) is 0 Å². The highest BCUT2D eigenvalue weighted by Gasteiger charge is 2.20. The molecule has 0 saturated carbocycles. The standard InChI is InChI=1S/C21H27NO4S/c1-5-16-9-7-8-10-20(16)26-15(3)21(23)22-19(6-2)17-11-13-18(14-12-17)27(4,24)25/h7-15,19H,5-6H2,1-4H3,(H,22,23)/t15-,19+/m0/s1. The van der Waals surface area contributed by atoms with Crippen molar-refractivity contribution in [2.75, 3.05) is 6.26 Å². The second-order valence-corrected chi connectivity index (χ2v) is 8.55. The first-order valence-corrected chi connectivity index (χ1v) is 11.0. The van der Waals surface area contributed by atoms with Gasteiger partial charge in [0.1, 0.15) is 5.75 Å². The monoisotopic (exact) mass is 389 g/mol. The number of para-hydroxylation sites is 1. The Hall–Kier alpha value is -2.34. The molecule has 27 heavy (non-hydrogen) atoms. The van der Waals surface area contributed by atoms with Crippen LogP contribution in [0.25, 0.3) is 0 Å². The number of amides is 1. The molecule has 1 N–H and O–H groups in total. The number of aryl methyl sites for hydroxylation is 1. The third-order valence-electron chi connectivity index (χ3n) is 4.46. The maximum atomic E-state index is 12.6. The van der Waals surface area contributed by atoms with E-state index in [1.165, 1.54) is 6.26 Å².